The topological polar surface area (TPSA) is 61.7 Å². The molecule has 1 aromatic heterocycles. The molecule has 2 aromatic rings. The minimum Gasteiger partial charge on any atom is -0.354 e. The van der Waals surface area contributed by atoms with E-state index < -0.39 is 0 Å². The molecule has 2 N–H and O–H groups in total. The molecule has 2 rings (SSSR count). The van der Waals surface area contributed by atoms with Crippen molar-refractivity contribution in [2.24, 2.45) is 12.0 Å². The summed E-state index contributed by atoms with van der Waals surface area (Å²) >= 11 is 9.51. The number of carbonyl (C=O) groups excluding carboxylic acids is 1. The number of carbonyl (C=O) groups is 1. The second kappa shape index (κ2) is 9.64. The van der Waals surface area contributed by atoms with Crippen molar-refractivity contribution < 1.29 is 4.79 Å². The lowest BCUT2D eigenvalue weighted by Gasteiger charge is -2.22. The fourth-order valence-corrected chi connectivity index (χ4v) is 3.31. The van der Waals surface area contributed by atoms with Crippen LogP contribution in [0, 0.1) is 0 Å². The number of amides is 1. The van der Waals surface area contributed by atoms with Crippen molar-refractivity contribution in [3.05, 3.63) is 57.3 Å². The first-order chi connectivity index (χ1) is 12.4. The molecule has 0 aliphatic rings. The predicted molar refractivity (Wildman–Crippen MR) is 110 cm³/mol. The van der Waals surface area contributed by atoms with Gasteiger partial charge in [-0.2, -0.15) is 0 Å². The Morgan fingerprint density at radius 3 is 2.62 bits per heavy atom. The largest absolute Gasteiger partial charge is 0.354 e. The van der Waals surface area contributed by atoms with Crippen LogP contribution in [-0.4, -0.2) is 48.5 Å². The van der Waals surface area contributed by atoms with Gasteiger partial charge in [0.05, 0.1) is 17.1 Å². The van der Waals surface area contributed by atoms with Gasteiger partial charge in [0, 0.05) is 50.6 Å². The van der Waals surface area contributed by atoms with Crippen LogP contribution in [0.2, 0.25) is 5.02 Å². The van der Waals surface area contributed by atoms with Gasteiger partial charge in [0.25, 0.3) is 5.91 Å². The lowest BCUT2D eigenvalue weighted by Crippen LogP contribution is -2.42. The second-order valence-electron chi connectivity index (χ2n) is 5.83. The molecule has 6 nitrogen and oxygen atoms in total. The molecule has 0 radical (unpaired) electrons. The van der Waals surface area contributed by atoms with Crippen LogP contribution in [0.4, 0.5) is 0 Å². The highest BCUT2D eigenvalue weighted by atomic mass is 79.9. The average molecular weight is 441 g/mol. The van der Waals surface area contributed by atoms with Crippen LogP contribution >= 0.6 is 27.5 Å². The average Bonchev–Trinajstić information content (AvgIpc) is 2.92. The minimum atomic E-state index is -0.186. The van der Waals surface area contributed by atoms with Crippen LogP contribution in [0.3, 0.4) is 0 Å². The van der Waals surface area contributed by atoms with E-state index in [-0.39, 0.29) is 5.91 Å². The van der Waals surface area contributed by atoms with Crippen molar-refractivity contribution in [3.63, 3.8) is 0 Å². The van der Waals surface area contributed by atoms with Crippen LogP contribution in [0.25, 0.3) is 0 Å². The van der Waals surface area contributed by atoms with Crippen LogP contribution < -0.4 is 10.6 Å². The van der Waals surface area contributed by atoms with Gasteiger partial charge in [-0.05, 0) is 34.1 Å². The molecule has 0 bridgehead atoms. The first kappa shape index (κ1) is 20.3. The minimum absolute atomic E-state index is 0.186. The van der Waals surface area contributed by atoms with E-state index >= 15 is 0 Å². The number of hydrogen-bond acceptors (Lipinski definition) is 2. The number of nitrogens with zero attached hydrogens (tertiary/aromatic N) is 3. The van der Waals surface area contributed by atoms with E-state index in [2.05, 4.69) is 42.2 Å². The van der Waals surface area contributed by atoms with E-state index in [1.165, 1.54) is 0 Å². The van der Waals surface area contributed by atoms with Crippen LogP contribution in [0.5, 0.6) is 0 Å². The maximum absolute atomic E-state index is 12.1. The van der Waals surface area contributed by atoms with Crippen LogP contribution in [-0.2, 0) is 13.6 Å². The fourth-order valence-electron chi connectivity index (χ4n) is 2.52. The van der Waals surface area contributed by atoms with Gasteiger partial charge in [-0.3, -0.25) is 9.79 Å². The molecular formula is C18H23BrClN5O. The van der Waals surface area contributed by atoms with Gasteiger partial charge in [0.2, 0.25) is 0 Å². The molecule has 0 aliphatic carbocycles. The molecule has 0 unspecified atom stereocenters. The maximum atomic E-state index is 12.1. The van der Waals surface area contributed by atoms with E-state index in [0.717, 1.165) is 16.1 Å². The summed E-state index contributed by atoms with van der Waals surface area (Å²) in [5.74, 6) is 0.573. The summed E-state index contributed by atoms with van der Waals surface area (Å²) in [6.45, 7) is 1.74. The SMILES string of the molecule is CN=C(NCCNC(=O)c1ccccc1Cl)N(C)Cc1cc(Br)cn1C. The van der Waals surface area contributed by atoms with Gasteiger partial charge in [0.1, 0.15) is 0 Å². The van der Waals surface area contributed by atoms with Crippen molar-refractivity contribution in [2.75, 3.05) is 27.2 Å². The third-order valence-electron chi connectivity index (χ3n) is 3.86. The van der Waals surface area contributed by atoms with Crippen LogP contribution in [0.1, 0.15) is 16.1 Å². The number of nitrogens with one attached hydrogen (secondary N) is 2. The molecule has 1 heterocycles. The molecule has 1 amide bonds. The summed E-state index contributed by atoms with van der Waals surface area (Å²) in [5, 5.41) is 6.54. The third kappa shape index (κ3) is 5.51. The number of benzene rings is 1. The van der Waals surface area contributed by atoms with Gasteiger partial charge in [-0.1, -0.05) is 23.7 Å². The molecule has 0 saturated carbocycles. The summed E-state index contributed by atoms with van der Waals surface area (Å²) in [7, 11) is 5.72. The standard InChI is InChI=1S/C18H23BrClN5O/c1-21-18(25(3)12-14-10-13(19)11-24(14)2)23-9-8-22-17(26)15-6-4-5-7-16(15)20/h4-7,10-11H,8-9,12H2,1-3H3,(H,21,23)(H,22,26). The Labute approximate surface area is 167 Å². The highest BCUT2D eigenvalue weighted by Gasteiger charge is 2.11. The number of aliphatic imine (C=N–C) groups is 1. The van der Waals surface area contributed by atoms with Gasteiger partial charge in [-0.15, -0.1) is 0 Å². The van der Waals surface area contributed by atoms with E-state index in [1.54, 1.807) is 31.3 Å². The number of aryl methyl sites for hydroxylation is 1. The van der Waals surface area contributed by atoms with Crippen molar-refractivity contribution in [1.29, 1.82) is 0 Å². The normalized spacial score (nSPS) is 11.3. The quantitative estimate of drug-likeness (QED) is 0.412. The number of guanidine groups is 1. The van der Waals surface area contributed by atoms with E-state index in [9.17, 15) is 4.79 Å². The van der Waals surface area contributed by atoms with E-state index in [0.29, 0.717) is 30.2 Å². The molecule has 8 heteroatoms. The zero-order valence-corrected chi connectivity index (χ0v) is 17.4. The first-order valence-corrected chi connectivity index (χ1v) is 9.34. The molecule has 0 aliphatic heterocycles. The Morgan fingerprint density at radius 1 is 1.31 bits per heavy atom. The maximum Gasteiger partial charge on any atom is 0.252 e. The molecule has 1 aromatic carbocycles. The molecule has 0 fully saturated rings. The Hall–Kier alpha value is -1.99. The smallest absolute Gasteiger partial charge is 0.252 e. The molecule has 0 saturated heterocycles. The zero-order valence-electron chi connectivity index (χ0n) is 15.1. The molecule has 26 heavy (non-hydrogen) atoms. The third-order valence-corrected chi connectivity index (χ3v) is 4.62. The van der Waals surface area contributed by atoms with Crippen molar-refractivity contribution in [2.45, 2.75) is 6.54 Å². The summed E-state index contributed by atoms with van der Waals surface area (Å²) in [6, 6.07) is 9.07. The number of rotatable bonds is 6. The predicted octanol–water partition coefficient (Wildman–Crippen LogP) is 2.88. The lowest BCUT2D eigenvalue weighted by atomic mass is 10.2. The molecule has 140 valence electrons. The summed E-state index contributed by atoms with van der Waals surface area (Å²) < 4.78 is 3.12. The highest BCUT2D eigenvalue weighted by Crippen LogP contribution is 2.15. The summed E-state index contributed by atoms with van der Waals surface area (Å²) in [6.07, 6.45) is 2.02. The number of aromatic nitrogens is 1. The first-order valence-electron chi connectivity index (χ1n) is 8.17. The van der Waals surface area contributed by atoms with E-state index in [1.807, 2.05) is 25.2 Å². The molecule has 0 atom stereocenters. The Balaban J connectivity index is 1.81. The fraction of sp³-hybridized carbons (Fsp3) is 0.333. The van der Waals surface area contributed by atoms with Crippen molar-refractivity contribution in [3.8, 4) is 0 Å². The van der Waals surface area contributed by atoms with Crippen LogP contribution in [0.15, 0.2) is 46.0 Å². The van der Waals surface area contributed by atoms with Crippen molar-refractivity contribution >= 4 is 39.4 Å². The van der Waals surface area contributed by atoms with Crippen molar-refractivity contribution in [1.82, 2.24) is 20.1 Å². The summed E-state index contributed by atoms with van der Waals surface area (Å²) in [4.78, 5) is 18.4. The Bertz CT molecular complexity index is 790. The monoisotopic (exact) mass is 439 g/mol. The second-order valence-corrected chi connectivity index (χ2v) is 7.15. The number of hydrogen-bond donors (Lipinski definition) is 2. The summed E-state index contributed by atoms with van der Waals surface area (Å²) in [5.41, 5.74) is 1.64. The van der Waals surface area contributed by atoms with Gasteiger partial charge >= 0.3 is 0 Å². The van der Waals surface area contributed by atoms with Gasteiger partial charge in [0.15, 0.2) is 5.96 Å². The Kier molecular flexibility index (Phi) is 7.53. The lowest BCUT2D eigenvalue weighted by molar-refractivity contribution is 0.0954. The Morgan fingerprint density at radius 2 is 2.00 bits per heavy atom. The highest BCUT2D eigenvalue weighted by molar-refractivity contribution is 9.10. The van der Waals surface area contributed by atoms with E-state index in [4.69, 9.17) is 11.6 Å². The molecular weight excluding hydrogens is 418 g/mol. The number of halogens is 2. The van der Waals surface area contributed by atoms with Gasteiger partial charge in [-0.25, -0.2) is 0 Å². The van der Waals surface area contributed by atoms with Gasteiger partial charge < -0.3 is 20.1 Å². The molecule has 0 spiro atoms. The zero-order chi connectivity index (χ0) is 19.1.